The summed E-state index contributed by atoms with van der Waals surface area (Å²) in [6.07, 6.45) is 10.1. The number of benzene rings is 2. The van der Waals surface area contributed by atoms with Crippen molar-refractivity contribution in [2.75, 3.05) is 13.1 Å². The molecule has 246 valence electrons. The lowest BCUT2D eigenvalue weighted by Crippen LogP contribution is -2.56. The van der Waals surface area contributed by atoms with Crippen molar-refractivity contribution in [2.24, 2.45) is 11.8 Å². The molecule has 0 bridgehead atoms. The lowest BCUT2D eigenvalue weighted by molar-refractivity contribution is -0.131. The second kappa shape index (κ2) is 17.7. The van der Waals surface area contributed by atoms with Crippen molar-refractivity contribution in [3.8, 4) is 0 Å². The van der Waals surface area contributed by atoms with E-state index in [1.165, 1.54) is 18.4 Å². The fourth-order valence-electron chi connectivity index (χ4n) is 6.83. The van der Waals surface area contributed by atoms with E-state index in [0.717, 1.165) is 63.6 Å². The normalized spacial score (nSPS) is 20.3. The number of carbonyl (C=O) groups is 3. The van der Waals surface area contributed by atoms with Crippen LogP contribution in [0.5, 0.6) is 0 Å². The molecule has 1 saturated carbocycles. The zero-order chi connectivity index (χ0) is 32.2. The Balaban J connectivity index is 1.40. The highest BCUT2D eigenvalue weighted by molar-refractivity contribution is 6.30. The van der Waals surface area contributed by atoms with Crippen LogP contribution in [-0.4, -0.2) is 48.9 Å². The van der Waals surface area contributed by atoms with Crippen LogP contribution in [0, 0.1) is 11.8 Å². The zero-order valence-corrected chi connectivity index (χ0v) is 28.1. The molecule has 1 saturated heterocycles. The van der Waals surface area contributed by atoms with Gasteiger partial charge in [-0.25, -0.2) is 0 Å². The maximum Gasteiger partial charge on any atom is 0.251 e. The first-order valence-corrected chi connectivity index (χ1v) is 17.6. The SMILES string of the molecule is CCCC[C@H](NC(=O)c1ccc(CC2CCNCC2)cc1)C(=O)N[C@@H](CC(C)C)C(=O)N[C@@H]1CCCC[C@H]1c1cccc(Cl)c1. The fourth-order valence-corrected chi connectivity index (χ4v) is 7.03. The van der Waals surface area contributed by atoms with Crippen molar-refractivity contribution in [1.29, 1.82) is 0 Å². The number of nitrogens with one attached hydrogen (secondary N) is 4. The first-order chi connectivity index (χ1) is 21.7. The molecule has 0 radical (unpaired) electrons. The molecular formula is C37H53ClN4O3. The van der Waals surface area contributed by atoms with E-state index in [2.05, 4.69) is 34.3 Å². The molecule has 0 aromatic heterocycles. The van der Waals surface area contributed by atoms with Gasteiger partial charge in [0.1, 0.15) is 12.1 Å². The van der Waals surface area contributed by atoms with Gasteiger partial charge in [0.2, 0.25) is 11.8 Å². The quantitative estimate of drug-likeness (QED) is 0.189. The van der Waals surface area contributed by atoms with Crippen LogP contribution < -0.4 is 21.3 Å². The van der Waals surface area contributed by atoms with E-state index in [-0.39, 0.29) is 35.6 Å². The van der Waals surface area contributed by atoms with Crippen LogP contribution in [0.25, 0.3) is 0 Å². The van der Waals surface area contributed by atoms with Crippen LogP contribution >= 0.6 is 11.6 Å². The number of halogens is 1. The molecule has 1 aliphatic heterocycles. The Morgan fingerprint density at radius 2 is 1.64 bits per heavy atom. The molecule has 4 N–H and O–H groups in total. The van der Waals surface area contributed by atoms with Gasteiger partial charge in [-0.15, -0.1) is 0 Å². The molecule has 3 amide bonds. The summed E-state index contributed by atoms with van der Waals surface area (Å²) in [5, 5.41) is 13.4. The summed E-state index contributed by atoms with van der Waals surface area (Å²) in [4.78, 5) is 40.7. The first-order valence-electron chi connectivity index (χ1n) is 17.2. The minimum Gasteiger partial charge on any atom is -0.351 e. The Bertz CT molecular complexity index is 1240. The molecule has 7 nitrogen and oxygen atoms in total. The zero-order valence-electron chi connectivity index (χ0n) is 27.4. The van der Waals surface area contributed by atoms with Gasteiger partial charge in [0.05, 0.1) is 0 Å². The number of amides is 3. The van der Waals surface area contributed by atoms with Gasteiger partial charge in [-0.2, -0.15) is 0 Å². The number of carbonyl (C=O) groups excluding carboxylic acids is 3. The maximum atomic E-state index is 13.7. The minimum atomic E-state index is -0.719. The van der Waals surface area contributed by atoms with Gasteiger partial charge < -0.3 is 21.3 Å². The molecule has 2 aromatic rings. The summed E-state index contributed by atoms with van der Waals surface area (Å²) in [5.74, 6) is 0.305. The number of piperidine rings is 1. The Labute approximate surface area is 275 Å². The van der Waals surface area contributed by atoms with E-state index in [0.29, 0.717) is 29.3 Å². The molecule has 8 heteroatoms. The van der Waals surface area contributed by atoms with Crippen LogP contribution in [0.2, 0.25) is 5.02 Å². The molecule has 1 aliphatic carbocycles. The molecule has 2 aromatic carbocycles. The Kier molecular flexibility index (Phi) is 13.8. The van der Waals surface area contributed by atoms with Gasteiger partial charge in [-0.3, -0.25) is 14.4 Å². The predicted octanol–water partition coefficient (Wildman–Crippen LogP) is 6.54. The Morgan fingerprint density at radius 1 is 0.911 bits per heavy atom. The standard InChI is InChI=1S/C37H53ClN4O3/c1-4-5-12-33(41-35(43)28-16-14-26(15-17-28)23-27-18-20-39-21-19-27)36(44)42-34(22-25(2)3)37(45)40-32-13-7-6-11-31(32)29-9-8-10-30(38)24-29/h8-10,14-17,24-25,27,31-34,39H,4-7,11-13,18-23H2,1-3H3,(H,40,45)(H,41,43)(H,42,44)/t31-,32+,33-,34-/m0/s1. The largest absolute Gasteiger partial charge is 0.351 e. The average Bonchev–Trinajstić information content (AvgIpc) is 3.03. The van der Waals surface area contributed by atoms with E-state index in [1.807, 2.05) is 56.3 Å². The van der Waals surface area contributed by atoms with E-state index in [4.69, 9.17) is 11.6 Å². The van der Waals surface area contributed by atoms with Gasteiger partial charge in [-0.05, 0) is 105 Å². The van der Waals surface area contributed by atoms with Crippen molar-refractivity contribution in [3.63, 3.8) is 0 Å². The smallest absolute Gasteiger partial charge is 0.251 e. The summed E-state index contributed by atoms with van der Waals surface area (Å²) >= 11 is 6.30. The van der Waals surface area contributed by atoms with Crippen molar-refractivity contribution < 1.29 is 14.4 Å². The van der Waals surface area contributed by atoms with Crippen LogP contribution in [0.4, 0.5) is 0 Å². The summed E-state index contributed by atoms with van der Waals surface area (Å²) < 4.78 is 0. The van der Waals surface area contributed by atoms with Gasteiger partial charge in [-0.1, -0.05) is 82.3 Å². The van der Waals surface area contributed by atoms with Gasteiger partial charge in [0.25, 0.3) is 5.91 Å². The van der Waals surface area contributed by atoms with E-state index < -0.39 is 12.1 Å². The number of unbranched alkanes of at least 4 members (excludes halogenated alkanes) is 1. The van der Waals surface area contributed by atoms with Crippen LogP contribution in [0.3, 0.4) is 0 Å². The van der Waals surface area contributed by atoms with Crippen LogP contribution in [0.1, 0.15) is 112 Å². The monoisotopic (exact) mass is 636 g/mol. The average molecular weight is 637 g/mol. The molecule has 4 atom stereocenters. The van der Waals surface area contributed by atoms with Crippen molar-refractivity contribution in [3.05, 3.63) is 70.2 Å². The van der Waals surface area contributed by atoms with E-state index >= 15 is 0 Å². The lowest BCUT2D eigenvalue weighted by Gasteiger charge is -2.34. The van der Waals surface area contributed by atoms with Crippen LogP contribution in [0.15, 0.2) is 48.5 Å². The first kappa shape index (κ1) is 35.0. The summed E-state index contributed by atoms with van der Waals surface area (Å²) in [6.45, 7) is 8.29. The third-order valence-corrected chi connectivity index (χ3v) is 9.61. The van der Waals surface area contributed by atoms with E-state index in [1.54, 1.807) is 0 Å². The van der Waals surface area contributed by atoms with Crippen molar-refractivity contribution in [2.45, 2.75) is 115 Å². The molecule has 0 spiro atoms. The molecule has 45 heavy (non-hydrogen) atoms. The van der Waals surface area contributed by atoms with Gasteiger partial charge >= 0.3 is 0 Å². The lowest BCUT2D eigenvalue weighted by atomic mass is 9.80. The van der Waals surface area contributed by atoms with Gasteiger partial charge in [0, 0.05) is 22.5 Å². The van der Waals surface area contributed by atoms with Crippen molar-refractivity contribution in [1.82, 2.24) is 21.3 Å². The Hall–Kier alpha value is -2.90. The summed E-state index contributed by atoms with van der Waals surface area (Å²) in [7, 11) is 0. The second-order valence-electron chi connectivity index (χ2n) is 13.5. The molecule has 2 aliphatic rings. The number of hydrogen-bond acceptors (Lipinski definition) is 4. The van der Waals surface area contributed by atoms with E-state index in [9.17, 15) is 14.4 Å². The molecular weight excluding hydrogens is 584 g/mol. The highest BCUT2D eigenvalue weighted by Crippen LogP contribution is 2.34. The third-order valence-electron chi connectivity index (χ3n) is 9.38. The minimum absolute atomic E-state index is 0.0235. The molecule has 1 heterocycles. The summed E-state index contributed by atoms with van der Waals surface area (Å²) in [5.41, 5.74) is 2.91. The molecule has 2 fully saturated rings. The highest BCUT2D eigenvalue weighted by atomic mass is 35.5. The van der Waals surface area contributed by atoms with Crippen LogP contribution in [-0.2, 0) is 16.0 Å². The Morgan fingerprint density at radius 3 is 2.33 bits per heavy atom. The number of rotatable bonds is 14. The van der Waals surface area contributed by atoms with Gasteiger partial charge in [0.15, 0.2) is 0 Å². The third kappa shape index (κ3) is 10.8. The molecule has 0 unspecified atom stereocenters. The fraction of sp³-hybridized carbons (Fsp3) is 0.595. The van der Waals surface area contributed by atoms with Crippen molar-refractivity contribution >= 4 is 29.3 Å². The highest BCUT2D eigenvalue weighted by Gasteiger charge is 2.32. The maximum absolute atomic E-state index is 13.7. The second-order valence-corrected chi connectivity index (χ2v) is 14.0. The number of hydrogen-bond donors (Lipinski definition) is 4. The predicted molar refractivity (Wildman–Crippen MR) is 182 cm³/mol. The summed E-state index contributed by atoms with van der Waals surface area (Å²) in [6, 6.07) is 14.3. The molecule has 4 rings (SSSR count). The topological polar surface area (TPSA) is 99.3 Å².